The zero-order valence-electron chi connectivity index (χ0n) is 48.5. The molecule has 0 unspecified atom stereocenters. The summed E-state index contributed by atoms with van der Waals surface area (Å²) < 4.78 is 39.7. The third kappa shape index (κ3) is 31.5. The predicted molar refractivity (Wildman–Crippen MR) is 296 cm³/mol. The highest BCUT2D eigenvalue weighted by Crippen LogP contribution is 2.30. The van der Waals surface area contributed by atoms with E-state index in [-0.39, 0.29) is 19.4 Å². The summed E-state index contributed by atoms with van der Waals surface area (Å²) in [5, 5.41) is 8.14. The maximum absolute atomic E-state index is 14.6. The minimum Gasteiger partial charge on any atom is -0.463 e. The molecule has 18 heteroatoms. The van der Waals surface area contributed by atoms with Crippen molar-refractivity contribution in [3.63, 3.8) is 0 Å². The Morgan fingerprint density at radius 1 is 0.500 bits per heavy atom. The van der Waals surface area contributed by atoms with Crippen molar-refractivity contribution in [3.8, 4) is 0 Å². The average molecular weight is 1100 g/mol. The summed E-state index contributed by atoms with van der Waals surface area (Å²) in [4.78, 5) is 105. The normalized spacial score (nSPS) is 17.8. The highest BCUT2D eigenvalue weighted by Gasteiger charge is 2.53. The second-order valence-corrected chi connectivity index (χ2v) is 20.9. The van der Waals surface area contributed by atoms with Crippen LogP contribution in [-0.2, 0) is 78.1 Å². The van der Waals surface area contributed by atoms with Crippen LogP contribution in [0.2, 0.25) is 0 Å². The fourth-order valence-electron chi connectivity index (χ4n) is 9.64. The lowest BCUT2D eigenvalue weighted by atomic mass is 9.92. The van der Waals surface area contributed by atoms with Gasteiger partial charge in [0.05, 0.1) is 6.61 Å². The molecule has 18 nitrogen and oxygen atoms in total. The van der Waals surface area contributed by atoms with E-state index < -0.39 is 109 Å². The summed E-state index contributed by atoms with van der Waals surface area (Å²) >= 11 is 0. The van der Waals surface area contributed by atoms with Gasteiger partial charge in [0.25, 0.3) is 0 Å². The maximum Gasteiger partial charge on any atom is 0.306 e. The highest BCUT2D eigenvalue weighted by atomic mass is 16.7. The molecule has 1 aromatic carbocycles. The molecule has 0 aromatic heterocycles. The molecule has 1 saturated heterocycles. The molecule has 7 atom stereocenters. The zero-order valence-corrected chi connectivity index (χ0v) is 48.5. The molecular weight excluding hydrogens is 1000 g/mol. The predicted octanol–water partition coefficient (Wildman–Crippen LogP) is 10.1. The summed E-state index contributed by atoms with van der Waals surface area (Å²) in [5.41, 5.74) is 0.771. The number of carbonyl (C=O) groups excluding carboxylic acids is 8. The Labute approximate surface area is 466 Å². The van der Waals surface area contributed by atoms with Crippen LogP contribution in [0.1, 0.15) is 227 Å². The monoisotopic (exact) mass is 1100 g/mol. The van der Waals surface area contributed by atoms with Crippen LogP contribution in [0, 0.1) is 5.92 Å². The van der Waals surface area contributed by atoms with Gasteiger partial charge in [-0.1, -0.05) is 198 Å². The molecular formula is C60H99N3O15. The number of hydrogen-bond acceptors (Lipinski definition) is 15. The van der Waals surface area contributed by atoms with Gasteiger partial charge in [0, 0.05) is 47.1 Å². The van der Waals surface area contributed by atoms with Crippen LogP contribution in [0.5, 0.6) is 0 Å². The quantitative estimate of drug-likeness (QED) is 0.0313. The van der Waals surface area contributed by atoms with Crippen LogP contribution in [0.3, 0.4) is 0 Å². The molecule has 0 spiro atoms. The van der Waals surface area contributed by atoms with Crippen molar-refractivity contribution in [2.45, 2.75) is 271 Å². The number of benzene rings is 1. The van der Waals surface area contributed by atoms with Gasteiger partial charge in [-0.2, -0.15) is 0 Å². The molecule has 1 aliphatic rings. The SMILES string of the molecule is CCCCCCCCCCCCCCC(CCCCCCCCCCCCCC)C(=O)N[C@H](CO[C@H]1O[C@H](COC(C)=O)[C@@H](OC(C)=O)[C@H](OC(C)=O)[C@@H]1OC(C)=O)C(=O)N[C@@H](CCC(=O)OCc1ccccc1)C(=O)NC. The van der Waals surface area contributed by atoms with Crippen molar-refractivity contribution < 1.29 is 71.5 Å². The summed E-state index contributed by atoms with van der Waals surface area (Å²) in [6, 6.07) is 6.32. The van der Waals surface area contributed by atoms with E-state index in [1.165, 1.54) is 110 Å². The summed E-state index contributed by atoms with van der Waals surface area (Å²) in [7, 11) is 1.39. The third-order valence-electron chi connectivity index (χ3n) is 14.0. The van der Waals surface area contributed by atoms with Gasteiger partial charge >= 0.3 is 29.8 Å². The van der Waals surface area contributed by atoms with Crippen LogP contribution in [-0.4, -0.2) is 111 Å². The van der Waals surface area contributed by atoms with E-state index in [1.807, 2.05) is 18.2 Å². The van der Waals surface area contributed by atoms with Crippen LogP contribution in [0.4, 0.5) is 0 Å². The van der Waals surface area contributed by atoms with Gasteiger partial charge in [0.15, 0.2) is 24.6 Å². The molecule has 0 bridgehead atoms. The molecule has 1 heterocycles. The summed E-state index contributed by atoms with van der Waals surface area (Å²) in [6.45, 7) is 7.75. The molecule has 3 amide bonds. The highest BCUT2D eigenvalue weighted by molar-refractivity contribution is 5.92. The first-order valence-corrected chi connectivity index (χ1v) is 29.5. The smallest absolute Gasteiger partial charge is 0.306 e. The van der Waals surface area contributed by atoms with E-state index >= 15 is 0 Å². The molecule has 1 aliphatic heterocycles. The third-order valence-corrected chi connectivity index (χ3v) is 14.0. The maximum atomic E-state index is 14.6. The van der Waals surface area contributed by atoms with Gasteiger partial charge in [-0.25, -0.2) is 0 Å². The van der Waals surface area contributed by atoms with Crippen molar-refractivity contribution in [2.75, 3.05) is 20.3 Å². The molecule has 78 heavy (non-hydrogen) atoms. The Hall–Kier alpha value is -5.10. The number of esters is 5. The molecule has 0 radical (unpaired) electrons. The number of amides is 3. The second kappa shape index (κ2) is 42.8. The fourth-order valence-corrected chi connectivity index (χ4v) is 9.64. The Bertz CT molecular complexity index is 1840. The summed E-state index contributed by atoms with van der Waals surface area (Å²) in [5.74, 6) is -6.13. The lowest BCUT2D eigenvalue weighted by Gasteiger charge is -2.44. The van der Waals surface area contributed by atoms with Crippen LogP contribution >= 0.6 is 0 Å². The first-order chi connectivity index (χ1) is 37.6. The second-order valence-electron chi connectivity index (χ2n) is 20.9. The summed E-state index contributed by atoms with van der Waals surface area (Å²) in [6.07, 6.45) is 21.2. The van der Waals surface area contributed by atoms with Gasteiger partial charge in [-0.3, -0.25) is 38.4 Å². The standard InChI is InChI=1S/C60H99N3O15/c1-8-10-12-14-16-18-20-22-24-26-28-33-37-49(38-34-29-27-25-23-21-19-17-15-13-11-9-2)57(69)63-51(59(71)62-50(58(70)61-7)39-40-53(68)73-41-48-35-31-30-32-36-48)42-74-60-56(77-47(6)67)55(76-46(5)66)54(75-45(4)65)52(78-60)43-72-44(3)64/h30-32,35-36,49-52,54-56,60H,8-29,33-34,37-43H2,1-7H3,(H,61,70)(H,62,71)(H,63,69)/t50-,51+,52+,54+,55-,56-,60-/m0/s1. The largest absolute Gasteiger partial charge is 0.463 e. The van der Waals surface area contributed by atoms with E-state index in [0.29, 0.717) is 12.8 Å². The van der Waals surface area contributed by atoms with E-state index in [1.54, 1.807) is 12.1 Å². The van der Waals surface area contributed by atoms with Crippen molar-refractivity contribution in [3.05, 3.63) is 35.9 Å². The van der Waals surface area contributed by atoms with E-state index in [2.05, 4.69) is 29.8 Å². The average Bonchev–Trinajstić information content (AvgIpc) is 3.40. The van der Waals surface area contributed by atoms with Crippen molar-refractivity contribution in [2.24, 2.45) is 5.92 Å². The lowest BCUT2D eigenvalue weighted by Crippen LogP contribution is -2.63. The van der Waals surface area contributed by atoms with Gasteiger partial charge in [0.1, 0.15) is 31.4 Å². The van der Waals surface area contributed by atoms with Gasteiger partial charge in [-0.15, -0.1) is 0 Å². The number of rotatable bonds is 44. The lowest BCUT2D eigenvalue weighted by molar-refractivity contribution is -0.308. The van der Waals surface area contributed by atoms with E-state index in [9.17, 15) is 38.4 Å². The Kier molecular flexibility index (Phi) is 37.9. The number of unbranched alkanes of at least 4 members (excludes halogenated alkanes) is 22. The van der Waals surface area contributed by atoms with Crippen molar-refractivity contribution >= 4 is 47.6 Å². The topological polar surface area (TPSA) is 237 Å². The van der Waals surface area contributed by atoms with Crippen LogP contribution in [0.15, 0.2) is 30.3 Å². The van der Waals surface area contributed by atoms with Gasteiger partial charge in [0.2, 0.25) is 17.7 Å². The Morgan fingerprint density at radius 3 is 1.41 bits per heavy atom. The molecule has 1 aromatic rings. The minimum atomic E-state index is -1.66. The fraction of sp³-hybridized carbons (Fsp3) is 0.767. The van der Waals surface area contributed by atoms with Gasteiger partial charge < -0.3 is 49.1 Å². The number of hydrogen-bond donors (Lipinski definition) is 3. The zero-order chi connectivity index (χ0) is 57.3. The number of carbonyl (C=O) groups is 8. The minimum absolute atomic E-state index is 0.0149. The first kappa shape index (κ1) is 69.0. The molecule has 444 valence electrons. The molecule has 3 N–H and O–H groups in total. The van der Waals surface area contributed by atoms with Crippen molar-refractivity contribution in [1.29, 1.82) is 0 Å². The molecule has 1 fully saturated rings. The van der Waals surface area contributed by atoms with Gasteiger partial charge in [-0.05, 0) is 24.8 Å². The van der Waals surface area contributed by atoms with Crippen LogP contribution < -0.4 is 16.0 Å². The first-order valence-electron chi connectivity index (χ1n) is 29.5. The van der Waals surface area contributed by atoms with Crippen molar-refractivity contribution in [1.82, 2.24) is 16.0 Å². The number of likely N-dealkylation sites (N-methyl/N-ethyl adjacent to an activating group) is 1. The molecule has 0 saturated carbocycles. The molecule has 2 rings (SSSR count). The Morgan fingerprint density at radius 2 is 0.949 bits per heavy atom. The van der Waals surface area contributed by atoms with E-state index in [4.69, 9.17) is 33.2 Å². The Balaban J connectivity index is 2.42. The van der Waals surface area contributed by atoms with E-state index in [0.717, 1.165) is 84.6 Å². The molecule has 0 aliphatic carbocycles. The van der Waals surface area contributed by atoms with Crippen LogP contribution in [0.25, 0.3) is 0 Å². The number of nitrogens with one attached hydrogen (secondary N) is 3. The number of ether oxygens (including phenoxy) is 7.